The first-order chi connectivity index (χ1) is 28.8. The Balaban J connectivity index is 1.22. The second-order valence-electron chi connectivity index (χ2n) is 14.8. The predicted octanol–water partition coefficient (Wildman–Crippen LogP) is 16.0. The fourth-order valence-electron chi connectivity index (χ4n) is 8.75. The molecule has 58 heavy (non-hydrogen) atoms. The van der Waals surface area contributed by atoms with Crippen molar-refractivity contribution in [1.82, 2.24) is 0 Å². The maximum Gasteiger partial charge on any atom is 0.143 e. The molecule has 272 valence electrons. The van der Waals surface area contributed by atoms with Crippen LogP contribution in [0.15, 0.2) is 229 Å². The molecule has 11 aromatic rings. The highest BCUT2D eigenvalue weighted by molar-refractivity contribution is 6.18. The van der Waals surface area contributed by atoms with Gasteiger partial charge in [0.05, 0.1) is 5.69 Å². The zero-order valence-corrected chi connectivity index (χ0v) is 31.7. The number of furan rings is 1. The lowest BCUT2D eigenvalue weighted by molar-refractivity contribution is 0.670. The van der Waals surface area contributed by atoms with E-state index in [4.69, 9.17) is 4.42 Å². The first kappa shape index (κ1) is 33.6. The largest absolute Gasteiger partial charge is 0.455 e. The first-order valence-electron chi connectivity index (χ1n) is 19.8. The highest BCUT2D eigenvalue weighted by atomic mass is 16.3. The minimum Gasteiger partial charge on any atom is -0.455 e. The summed E-state index contributed by atoms with van der Waals surface area (Å²) in [7, 11) is 0. The molecule has 0 N–H and O–H groups in total. The second kappa shape index (κ2) is 14.1. The number of benzene rings is 10. The Kier molecular flexibility index (Phi) is 8.19. The van der Waals surface area contributed by atoms with Crippen LogP contribution >= 0.6 is 0 Å². The van der Waals surface area contributed by atoms with Gasteiger partial charge in [-0.1, -0.05) is 182 Å². The van der Waals surface area contributed by atoms with E-state index >= 15 is 0 Å². The zero-order valence-electron chi connectivity index (χ0n) is 31.7. The Hall–Kier alpha value is -7.68. The number of rotatable bonds is 7. The van der Waals surface area contributed by atoms with Crippen LogP contribution in [0.1, 0.15) is 0 Å². The van der Waals surface area contributed by atoms with Crippen molar-refractivity contribution in [2.45, 2.75) is 0 Å². The summed E-state index contributed by atoms with van der Waals surface area (Å²) in [6.45, 7) is 0. The summed E-state index contributed by atoms with van der Waals surface area (Å²) in [5.41, 5.74) is 14.2. The van der Waals surface area contributed by atoms with Gasteiger partial charge < -0.3 is 9.32 Å². The van der Waals surface area contributed by atoms with E-state index in [1.807, 2.05) is 6.07 Å². The van der Waals surface area contributed by atoms with Gasteiger partial charge in [0.2, 0.25) is 0 Å². The molecule has 1 heterocycles. The van der Waals surface area contributed by atoms with Gasteiger partial charge in [0, 0.05) is 33.3 Å². The molecule has 0 bridgehead atoms. The van der Waals surface area contributed by atoms with E-state index in [9.17, 15) is 0 Å². The Labute approximate surface area is 337 Å². The molecule has 0 saturated heterocycles. The lowest BCUT2D eigenvalue weighted by atomic mass is 9.87. The number of anilines is 3. The molecular formula is C56H37NO. The van der Waals surface area contributed by atoms with Crippen LogP contribution in [-0.2, 0) is 0 Å². The van der Waals surface area contributed by atoms with Gasteiger partial charge in [-0.25, -0.2) is 0 Å². The van der Waals surface area contributed by atoms with Crippen molar-refractivity contribution in [2.75, 3.05) is 4.90 Å². The van der Waals surface area contributed by atoms with E-state index < -0.39 is 0 Å². The normalized spacial score (nSPS) is 11.4. The molecule has 0 unspecified atom stereocenters. The molecule has 0 amide bonds. The van der Waals surface area contributed by atoms with Crippen LogP contribution in [0.5, 0.6) is 0 Å². The van der Waals surface area contributed by atoms with Gasteiger partial charge in [-0.3, -0.25) is 0 Å². The van der Waals surface area contributed by atoms with Gasteiger partial charge in [0.25, 0.3) is 0 Å². The van der Waals surface area contributed by atoms with Gasteiger partial charge in [-0.2, -0.15) is 0 Å². The summed E-state index contributed by atoms with van der Waals surface area (Å²) >= 11 is 0. The molecular weight excluding hydrogens is 703 g/mol. The molecule has 0 aliphatic carbocycles. The van der Waals surface area contributed by atoms with E-state index in [1.165, 1.54) is 49.4 Å². The Bertz CT molecular complexity index is 3170. The average Bonchev–Trinajstić information content (AvgIpc) is 3.69. The van der Waals surface area contributed by atoms with E-state index in [0.29, 0.717) is 0 Å². The lowest BCUT2D eigenvalue weighted by Crippen LogP contribution is -2.12. The highest BCUT2D eigenvalue weighted by Crippen LogP contribution is 2.50. The third kappa shape index (κ3) is 5.74. The number of fused-ring (bicyclic) bond motifs is 6. The molecule has 0 aliphatic heterocycles. The second-order valence-corrected chi connectivity index (χ2v) is 14.8. The van der Waals surface area contributed by atoms with Crippen molar-refractivity contribution in [3.8, 4) is 44.5 Å². The van der Waals surface area contributed by atoms with E-state index in [1.54, 1.807) is 0 Å². The lowest BCUT2D eigenvalue weighted by Gasteiger charge is -2.30. The molecule has 10 aromatic carbocycles. The quantitative estimate of drug-likeness (QED) is 0.151. The minimum absolute atomic E-state index is 0.887. The summed E-state index contributed by atoms with van der Waals surface area (Å²) in [4.78, 5) is 2.42. The number of nitrogens with zero attached hydrogens (tertiary/aromatic N) is 1. The van der Waals surface area contributed by atoms with E-state index in [0.717, 1.165) is 55.7 Å². The summed E-state index contributed by atoms with van der Waals surface area (Å²) in [6.07, 6.45) is 0. The third-order valence-corrected chi connectivity index (χ3v) is 11.5. The molecule has 0 fully saturated rings. The van der Waals surface area contributed by atoms with E-state index in [-0.39, 0.29) is 0 Å². The minimum atomic E-state index is 0.887. The van der Waals surface area contributed by atoms with Gasteiger partial charge in [0.1, 0.15) is 11.2 Å². The van der Waals surface area contributed by atoms with Crippen molar-refractivity contribution in [3.05, 3.63) is 224 Å². The summed E-state index contributed by atoms with van der Waals surface area (Å²) in [5.74, 6) is 0. The van der Waals surface area contributed by atoms with Crippen LogP contribution in [0, 0.1) is 0 Å². The maximum atomic E-state index is 6.75. The molecule has 0 radical (unpaired) electrons. The van der Waals surface area contributed by atoms with Crippen molar-refractivity contribution in [2.24, 2.45) is 0 Å². The molecule has 11 rings (SSSR count). The monoisotopic (exact) mass is 739 g/mol. The molecule has 2 heteroatoms. The van der Waals surface area contributed by atoms with Gasteiger partial charge in [0.15, 0.2) is 0 Å². The van der Waals surface area contributed by atoms with Crippen LogP contribution in [-0.4, -0.2) is 0 Å². The summed E-state index contributed by atoms with van der Waals surface area (Å²) in [6, 6.07) is 80.7. The fourth-order valence-corrected chi connectivity index (χ4v) is 8.75. The van der Waals surface area contributed by atoms with Gasteiger partial charge in [-0.05, 0) is 97.4 Å². The van der Waals surface area contributed by atoms with E-state index in [2.05, 4.69) is 223 Å². The fraction of sp³-hybridized carbons (Fsp3) is 0. The Morgan fingerprint density at radius 2 is 0.810 bits per heavy atom. The topological polar surface area (TPSA) is 16.4 Å². The SMILES string of the molecule is c1ccc(-c2ccc(N(c3ccc(-c4ccccc4)cc3)c3cccc(-c4cccc5c4oc4ccccc45)c3-c3cc4ccccc4c4ccccc34)cc2)cc1. The van der Waals surface area contributed by atoms with Crippen LogP contribution in [0.4, 0.5) is 17.1 Å². The molecule has 0 atom stereocenters. The van der Waals surface area contributed by atoms with Crippen LogP contribution in [0.3, 0.4) is 0 Å². The number of hydrogen-bond donors (Lipinski definition) is 0. The van der Waals surface area contributed by atoms with Crippen molar-refractivity contribution >= 4 is 60.5 Å². The maximum absolute atomic E-state index is 6.75. The zero-order chi connectivity index (χ0) is 38.4. The molecule has 1 aromatic heterocycles. The number of hydrogen-bond acceptors (Lipinski definition) is 2. The molecule has 2 nitrogen and oxygen atoms in total. The van der Waals surface area contributed by atoms with Crippen LogP contribution < -0.4 is 4.90 Å². The summed E-state index contributed by atoms with van der Waals surface area (Å²) < 4.78 is 6.75. The first-order valence-corrected chi connectivity index (χ1v) is 19.8. The molecule has 0 saturated carbocycles. The highest BCUT2D eigenvalue weighted by Gasteiger charge is 2.24. The molecule has 0 aliphatic rings. The van der Waals surface area contributed by atoms with Crippen molar-refractivity contribution < 1.29 is 4.42 Å². The van der Waals surface area contributed by atoms with Crippen LogP contribution in [0.2, 0.25) is 0 Å². The van der Waals surface area contributed by atoms with Gasteiger partial charge in [-0.15, -0.1) is 0 Å². The van der Waals surface area contributed by atoms with Crippen LogP contribution in [0.25, 0.3) is 88.0 Å². The summed E-state index contributed by atoms with van der Waals surface area (Å²) in [5, 5.41) is 7.09. The van der Waals surface area contributed by atoms with Gasteiger partial charge >= 0.3 is 0 Å². The van der Waals surface area contributed by atoms with Crippen molar-refractivity contribution in [3.63, 3.8) is 0 Å². The third-order valence-electron chi connectivity index (χ3n) is 11.5. The standard InChI is InChI=1S/C56H37NO/c1-3-15-38(16-4-1)40-29-33-43(34-30-40)57(44-35-31-41(32-36-44)39-17-5-2-6-18-39)53-27-14-24-49(51-26-13-25-50-48-23-11-12-28-54(48)58-56(50)51)55(53)52-37-42-19-7-8-20-45(42)46-21-9-10-22-47(46)52/h1-37H. The molecule has 0 spiro atoms. The average molecular weight is 740 g/mol. The smallest absolute Gasteiger partial charge is 0.143 e. The predicted molar refractivity (Wildman–Crippen MR) is 245 cm³/mol. The Morgan fingerprint density at radius 1 is 0.310 bits per heavy atom. The number of para-hydroxylation sites is 2. The van der Waals surface area contributed by atoms with Crippen molar-refractivity contribution in [1.29, 1.82) is 0 Å². The Morgan fingerprint density at radius 3 is 1.48 bits per heavy atom.